The van der Waals surface area contributed by atoms with Crippen LogP contribution in [-0.2, 0) is 23.8 Å². The number of esters is 2. The van der Waals surface area contributed by atoms with Crippen molar-refractivity contribution < 1.29 is 28.6 Å². The lowest BCUT2D eigenvalue weighted by molar-refractivity contribution is -0.163. The second-order valence-electron chi connectivity index (χ2n) is 5.53. The summed E-state index contributed by atoms with van der Waals surface area (Å²) in [5.41, 5.74) is 1.47. The zero-order valence-corrected chi connectivity index (χ0v) is 13.9. The first-order valence-corrected chi connectivity index (χ1v) is 7.62. The summed E-state index contributed by atoms with van der Waals surface area (Å²) in [5.74, 6) is -0.883. The van der Waals surface area contributed by atoms with E-state index in [9.17, 15) is 14.4 Å². The maximum Gasteiger partial charge on any atom is 0.303 e. The molecular formula is C18H20O6. The lowest BCUT2D eigenvalue weighted by atomic mass is 10.0. The van der Waals surface area contributed by atoms with E-state index in [4.69, 9.17) is 14.2 Å². The predicted molar refractivity (Wildman–Crippen MR) is 85.4 cm³/mol. The van der Waals surface area contributed by atoms with Gasteiger partial charge in [0, 0.05) is 19.4 Å². The van der Waals surface area contributed by atoms with Crippen molar-refractivity contribution in [3.63, 3.8) is 0 Å². The maximum absolute atomic E-state index is 11.3. The van der Waals surface area contributed by atoms with E-state index in [1.807, 2.05) is 0 Å². The lowest BCUT2D eigenvalue weighted by Gasteiger charge is -2.31. The molecule has 1 aromatic carbocycles. The number of carbonyl (C=O) groups excluding carboxylic acids is 3. The molecule has 1 aliphatic heterocycles. The van der Waals surface area contributed by atoms with E-state index in [1.54, 1.807) is 36.4 Å². The smallest absolute Gasteiger partial charge is 0.303 e. The third-order valence-corrected chi connectivity index (χ3v) is 3.56. The average Bonchev–Trinajstić information content (AvgIpc) is 2.53. The highest BCUT2D eigenvalue weighted by molar-refractivity contribution is 5.94. The fourth-order valence-corrected chi connectivity index (χ4v) is 2.38. The fraction of sp³-hybridized carbons (Fsp3) is 0.389. The van der Waals surface area contributed by atoms with Gasteiger partial charge in [-0.3, -0.25) is 14.4 Å². The summed E-state index contributed by atoms with van der Waals surface area (Å²) < 4.78 is 16.1. The van der Waals surface area contributed by atoms with Gasteiger partial charge in [-0.25, -0.2) is 0 Å². The normalized spacial score (nSPS) is 22.7. The minimum Gasteiger partial charge on any atom is -0.463 e. The highest BCUT2D eigenvalue weighted by Gasteiger charge is 2.31. The van der Waals surface area contributed by atoms with Crippen molar-refractivity contribution in [2.45, 2.75) is 39.1 Å². The van der Waals surface area contributed by atoms with Crippen molar-refractivity contribution in [2.75, 3.05) is 6.61 Å². The molecule has 2 rings (SSSR count). The Morgan fingerprint density at radius 1 is 1.00 bits per heavy atom. The zero-order chi connectivity index (χ0) is 17.7. The van der Waals surface area contributed by atoms with Gasteiger partial charge in [-0.15, -0.1) is 0 Å². The van der Waals surface area contributed by atoms with Gasteiger partial charge in [-0.1, -0.05) is 30.3 Å². The predicted octanol–water partition coefficient (Wildman–Crippen LogP) is 2.38. The topological polar surface area (TPSA) is 78.9 Å². The van der Waals surface area contributed by atoms with E-state index in [1.165, 1.54) is 20.8 Å². The number of ether oxygens (including phenoxy) is 3. The van der Waals surface area contributed by atoms with E-state index < -0.39 is 24.1 Å². The average molecular weight is 332 g/mol. The molecule has 0 radical (unpaired) electrons. The molecule has 1 aliphatic rings. The van der Waals surface area contributed by atoms with Crippen LogP contribution in [0.3, 0.4) is 0 Å². The van der Waals surface area contributed by atoms with Crippen LogP contribution < -0.4 is 0 Å². The van der Waals surface area contributed by atoms with E-state index in [-0.39, 0.29) is 18.5 Å². The summed E-state index contributed by atoms with van der Waals surface area (Å²) in [6, 6.07) is 7.07. The Bertz CT molecular complexity index is 646. The molecule has 0 spiro atoms. The highest BCUT2D eigenvalue weighted by atomic mass is 16.6. The molecule has 1 heterocycles. The minimum atomic E-state index is -0.616. The van der Waals surface area contributed by atoms with Crippen molar-refractivity contribution in [1.29, 1.82) is 0 Å². The molecule has 0 N–H and O–H groups in total. The number of rotatable bonds is 5. The number of ketones is 1. The van der Waals surface area contributed by atoms with E-state index >= 15 is 0 Å². The Morgan fingerprint density at radius 3 is 2.21 bits per heavy atom. The van der Waals surface area contributed by atoms with Crippen molar-refractivity contribution in [3.05, 3.63) is 47.5 Å². The van der Waals surface area contributed by atoms with Crippen molar-refractivity contribution >= 4 is 17.7 Å². The van der Waals surface area contributed by atoms with Crippen LogP contribution in [0.1, 0.15) is 42.8 Å². The van der Waals surface area contributed by atoms with Crippen LogP contribution in [-0.4, -0.2) is 36.5 Å². The molecule has 3 atom stereocenters. The van der Waals surface area contributed by atoms with Crippen LogP contribution in [0.25, 0.3) is 0 Å². The van der Waals surface area contributed by atoms with Gasteiger partial charge >= 0.3 is 11.9 Å². The summed E-state index contributed by atoms with van der Waals surface area (Å²) in [6.45, 7) is 4.10. The molecule has 1 aromatic rings. The maximum atomic E-state index is 11.3. The van der Waals surface area contributed by atoms with Crippen molar-refractivity contribution in [1.82, 2.24) is 0 Å². The van der Waals surface area contributed by atoms with Crippen LogP contribution in [0.4, 0.5) is 0 Å². The van der Waals surface area contributed by atoms with Gasteiger partial charge in [0.2, 0.25) is 0 Å². The molecule has 0 saturated carbocycles. The second-order valence-corrected chi connectivity index (χ2v) is 5.53. The lowest BCUT2D eigenvalue weighted by Crippen LogP contribution is -2.39. The fourth-order valence-electron chi connectivity index (χ4n) is 2.38. The van der Waals surface area contributed by atoms with Crippen LogP contribution >= 0.6 is 0 Å². The van der Waals surface area contributed by atoms with E-state index in [2.05, 4.69) is 0 Å². The Labute approximate surface area is 140 Å². The first-order chi connectivity index (χ1) is 11.4. The van der Waals surface area contributed by atoms with Crippen LogP contribution in [0, 0.1) is 0 Å². The van der Waals surface area contributed by atoms with Gasteiger partial charge < -0.3 is 14.2 Å². The van der Waals surface area contributed by atoms with Gasteiger partial charge in [-0.05, 0) is 18.6 Å². The quantitative estimate of drug-likeness (QED) is 0.468. The Kier molecular flexibility index (Phi) is 5.87. The highest BCUT2D eigenvalue weighted by Crippen LogP contribution is 2.28. The molecule has 24 heavy (non-hydrogen) atoms. The number of carbonyl (C=O) groups is 3. The number of hydrogen-bond donors (Lipinski definition) is 0. The van der Waals surface area contributed by atoms with Gasteiger partial charge in [0.15, 0.2) is 5.78 Å². The standard InChI is InChI=1S/C18H20O6/c1-11(19)14-4-6-15(7-5-14)16-8-9-17(23-13(3)21)18(24-16)10-22-12(2)20/h4-9,16-18H,10H2,1-3H3/t16-,17-,18+/m0/s1. The molecule has 128 valence electrons. The number of hydrogen-bond acceptors (Lipinski definition) is 6. The Balaban J connectivity index is 2.15. The molecule has 6 heteroatoms. The second kappa shape index (κ2) is 7.88. The third kappa shape index (κ3) is 4.76. The zero-order valence-electron chi connectivity index (χ0n) is 13.9. The van der Waals surface area contributed by atoms with Gasteiger partial charge in [0.25, 0.3) is 0 Å². The van der Waals surface area contributed by atoms with E-state index in [0.29, 0.717) is 5.56 Å². The van der Waals surface area contributed by atoms with E-state index in [0.717, 1.165) is 5.56 Å². The van der Waals surface area contributed by atoms with Crippen molar-refractivity contribution in [2.24, 2.45) is 0 Å². The van der Waals surface area contributed by atoms with Crippen LogP contribution in [0.2, 0.25) is 0 Å². The molecule has 0 fully saturated rings. The first kappa shape index (κ1) is 17.9. The SMILES string of the molecule is CC(=O)OC[C@H]1O[C@H](c2ccc(C(C)=O)cc2)C=C[C@@H]1OC(C)=O. The van der Waals surface area contributed by atoms with Crippen LogP contribution in [0.5, 0.6) is 0 Å². The summed E-state index contributed by atoms with van der Waals surface area (Å²) in [5, 5.41) is 0. The summed E-state index contributed by atoms with van der Waals surface area (Å²) in [4.78, 5) is 33.6. The largest absolute Gasteiger partial charge is 0.463 e. The van der Waals surface area contributed by atoms with Crippen LogP contribution in [0.15, 0.2) is 36.4 Å². The first-order valence-electron chi connectivity index (χ1n) is 7.62. The molecule has 0 amide bonds. The third-order valence-electron chi connectivity index (χ3n) is 3.56. The van der Waals surface area contributed by atoms with Gasteiger partial charge in [-0.2, -0.15) is 0 Å². The molecule has 0 saturated heterocycles. The molecule has 0 bridgehead atoms. The summed E-state index contributed by atoms with van der Waals surface area (Å²) >= 11 is 0. The monoisotopic (exact) mass is 332 g/mol. The molecule has 0 aromatic heterocycles. The Morgan fingerprint density at radius 2 is 1.67 bits per heavy atom. The number of Topliss-reactive ketones (excluding diaryl/α,β-unsaturated/α-hetero) is 1. The minimum absolute atomic E-state index is 0.00990. The van der Waals surface area contributed by atoms with Gasteiger partial charge in [0.05, 0.1) is 0 Å². The molecule has 0 aliphatic carbocycles. The van der Waals surface area contributed by atoms with Crippen molar-refractivity contribution in [3.8, 4) is 0 Å². The summed E-state index contributed by atoms with van der Waals surface area (Å²) in [7, 11) is 0. The Hall–Kier alpha value is -2.47. The number of benzene rings is 1. The molecule has 0 unspecified atom stereocenters. The summed E-state index contributed by atoms with van der Waals surface area (Å²) in [6.07, 6.45) is 1.91. The van der Waals surface area contributed by atoms with Gasteiger partial charge in [0.1, 0.15) is 24.9 Å². The molecule has 6 nitrogen and oxygen atoms in total. The molecular weight excluding hydrogens is 312 g/mol.